The predicted molar refractivity (Wildman–Crippen MR) is 107 cm³/mol. The molecule has 0 fully saturated rings. The highest BCUT2D eigenvalue weighted by molar-refractivity contribution is 5.98. The maximum absolute atomic E-state index is 11.6. The minimum atomic E-state index is -0.908. The first-order valence-electron chi connectivity index (χ1n) is 9.07. The second-order valence-corrected chi connectivity index (χ2v) is 7.27. The number of carbonyl (C=O) groups excluding carboxylic acids is 1. The summed E-state index contributed by atoms with van der Waals surface area (Å²) in [6.45, 7) is 4.88. The maximum Gasteiger partial charge on any atom is 0.335 e. The molecule has 0 atom stereocenters. The summed E-state index contributed by atoms with van der Waals surface area (Å²) in [5.74, 6) is -0.771. The van der Waals surface area contributed by atoms with Crippen LogP contribution in [-0.4, -0.2) is 35.0 Å². The Morgan fingerprint density at radius 1 is 1.22 bits per heavy atom. The van der Waals surface area contributed by atoms with E-state index >= 15 is 0 Å². The van der Waals surface area contributed by atoms with Gasteiger partial charge in [0.25, 0.3) is 0 Å². The van der Waals surface area contributed by atoms with E-state index in [2.05, 4.69) is 23.6 Å². The molecule has 0 amide bonds. The topological polar surface area (TPSA) is 62.5 Å². The zero-order valence-corrected chi connectivity index (χ0v) is 15.7. The van der Waals surface area contributed by atoms with E-state index in [1.807, 2.05) is 24.1 Å². The molecule has 2 heterocycles. The molecule has 0 saturated carbocycles. The fourth-order valence-electron chi connectivity index (χ4n) is 4.29. The molecule has 3 aromatic rings. The number of carboxylic acids is 1. The molecule has 0 saturated heterocycles. The fourth-order valence-corrected chi connectivity index (χ4v) is 4.29. The molecular formula is C22H22N2O3. The van der Waals surface area contributed by atoms with Crippen molar-refractivity contribution in [2.45, 2.75) is 26.8 Å². The summed E-state index contributed by atoms with van der Waals surface area (Å²) in [7, 11) is 1.95. The van der Waals surface area contributed by atoms with E-state index in [1.165, 1.54) is 11.1 Å². The van der Waals surface area contributed by atoms with Crippen molar-refractivity contribution >= 4 is 28.3 Å². The number of aromatic carboxylic acids is 1. The van der Waals surface area contributed by atoms with E-state index in [9.17, 15) is 14.7 Å². The van der Waals surface area contributed by atoms with Gasteiger partial charge in [0, 0.05) is 35.7 Å². The average molecular weight is 362 g/mol. The van der Waals surface area contributed by atoms with Gasteiger partial charge in [0.15, 0.2) is 0 Å². The molecule has 5 nitrogen and oxygen atoms in total. The van der Waals surface area contributed by atoms with E-state index < -0.39 is 5.97 Å². The van der Waals surface area contributed by atoms with Crippen LogP contribution in [0.15, 0.2) is 36.4 Å². The SMILES string of the molecule is CC(=O)CN(C)c1cccc2c1CCn1c-2c(C)c2ccc(C(=O)O)cc21. The molecule has 0 bridgehead atoms. The first-order chi connectivity index (χ1) is 12.9. The Morgan fingerprint density at radius 3 is 2.70 bits per heavy atom. The summed E-state index contributed by atoms with van der Waals surface area (Å²) in [4.78, 5) is 25.0. The smallest absolute Gasteiger partial charge is 0.335 e. The lowest BCUT2D eigenvalue weighted by Gasteiger charge is -2.27. The van der Waals surface area contributed by atoms with Gasteiger partial charge >= 0.3 is 5.97 Å². The normalized spacial score (nSPS) is 12.6. The number of hydrogen-bond donors (Lipinski definition) is 1. The minimum absolute atomic E-state index is 0.136. The summed E-state index contributed by atoms with van der Waals surface area (Å²) >= 11 is 0. The molecule has 5 heteroatoms. The Balaban J connectivity index is 1.92. The van der Waals surface area contributed by atoms with Crippen molar-refractivity contribution in [3.63, 3.8) is 0 Å². The van der Waals surface area contributed by atoms with Gasteiger partial charge in [-0.15, -0.1) is 0 Å². The van der Waals surface area contributed by atoms with E-state index in [-0.39, 0.29) is 5.78 Å². The first kappa shape index (κ1) is 17.3. The average Bonchev–Trinajstić information content (AvgIpc) is 2.93. The Labute approximate surface area is 157 Å². The van der Waals surface area contributed by atoms with Gasteiger partial charge in [-0.25, -0.2) is 4.79 Å². The molecule has 138 valence electrons. The van der Waals surface area contributed by atoms with Gasteiger partial charge in [-0.2, -0.15) is 0 Å². The fraction of sp³-hybridized carbons (Fsp3) is 0.273. The molecule has 27 heavy (non-hydrogen) atoms. The molecule has 1 aliphatic heterocycles. The van der Waals surface area contributed by atoms with Crippen LogP contribution < -0.4 is 4.90 Å². The second kappa shape index (κ2) is 6.27. The number of hydrogen-bond acceptors (Lipinski definition) is 3. The third-order valence-electron chi connectivity index (χ3n) is 5.43. The second-order valence-electron chi connectivity index (χ2n) is 7.27. The van der Waals surface area contributed by atoms with Gasteiger partial charge in [0.1, 0.15) is 5.78 Å². The molecule has 0 spiro atoms. The Morgan fingerprint density at radius 2 is 2.00 bits per heavy atom. The Hall–Kier alpha value is -3.08. The number of aromatic nitrogens is 1. The van der Waals surface area contributed by atoms with Crippen LogP contribution in [0.4, 0.5) is 5.69 Å². The van der Waals surface area contributed by atoms with Gasteiger partial charge in [-0.3, -0.25) is 4.79 Å². The van der Waals surface area contributed by atoms with Crippen molar-refractivity contribution < 1.29 is 14.7 Å². The van der Waals surface area contributed by atoms with Gasteiger partial charge < -0.3 is 14.6 Å². The largest absolute Gasteiger partial charge is 0.478 e. The highest BCUT2D eigenvalue weighted by atomic mass is 16.4. The van der Waals surface area contributed by atoms with Gasteiger partial charge in [0.2, 0.25) is 0 Å². The Bertz CT molecular complexity index is 1090. The number of fused-ring (bicyclic) bond motifs is 5. The van der Waals surface area contributed by atoms with Gasteiger partial charge in [0.05, 0.1) is 17.8 Å². The summed E-state index contributed by atoms with van der Waals surface area (Å²) in [6, 6.07) is 11.6. The molecule has 1 N–H and O–H groups in total. The molecule has 0 aliphatic carbocycles. The molecule has 0 radical (unpaired) electrons. The van der Waals surface area contributed by atoms with Crippen LogP contribution in [0.3, 0.4) is 0 Å². The van der Waals surface area contributed by atoms with Crippen LogP contribution in [0.1, 0.15) is 28.4 Å². The van der Waals surface area contributed by atoms with Crippen molar-refractivity contribution in [1.29, 1.82) is 0 Å². The molecule has 0 unspecified atom stereocenters. The molecule has 1 aromatic heterocycles. The maximum atomic E-state index is 11.6. The molecule has 4 rings (SSSR count). The minimum Gasteiger partial charge on any atom is -0.478 e. The highest BCUT2D eigenvalue weighted by Crippen LogP contribution is 2.41. The number of likely N-dealkylation sites (N-methyl/N-ethyl adjacent to an activating group) is 1. The zero-order chi connectivity index (χ0) is 19.3. The van der Waals surface area contributed by atoms with Crippen molar-refractivity contribution in [1.82, 2.24) is 4.57 Å². The number of carbonyl (C=O) groups is 2. The highest BCUT2D eigenvalue weighted by Gasteiger charge is 2.25. The van der Waals surface area contributed by atoms with Crippen molar-refractivity contribution in [2.24, 2.45) is 0 Å². The number of nitrogens with zero attached hydrogens (tertiary/aromatic N) is 2. The number of ketones is 1. The van der Waals surface area contributed by atoms with Crippen LogP contribution in [0, 0.1) is 6.92 Å². The first-order valence-corrected chi connectivity index (χ1v) is 9.07. The summed E-state index contributed by atoms with van der Waals surface area (Å²) < 4.78 is 2.23. The number of Topliss-reactive ketones (excluding diaryl/α,β-unsaturated/α-hetero) is 1. The third kappa shape index (κ3) is 2.70. The monoisotopic (exact) mass is 362 g/mol. The van der Waals surface area contributed by atoms with Crippen molar-refractivity contribution in [3.8, 4) is 11.3 Å². The van der Waals surface area contributed by atoms with E-state index in [1.54, 1.807) is 19.1 Å². The predicted octanol–water partition coefficient (Wildman–Crippen LogP) is 3.90. The molecular weight excluding hydrogens is 340 g/mol. The third-order valence-corrected chi connectivity index (χ3v) is 5.43. The van der Waals surface area contributed by atoms with Crippen LogP contribution in [0.2, 0.25) is 0 Å². The van der Waals surface area contributed by atoms with Crippen LogP contribution in [-0.2, 0) is 17.8 Å². The lowest BCUT2D eigenvalue weighted by atomic mass is 9.94. The van der Waals surface area contributed by atoms with Crippen molar-refractivity contribution in [2.75, 3.05) is 18.5 Å². The summed E-state index contributed by atoms with van der Waals surface area (Å²) in [5, 5.41) is 10.4. The van der Waals surface area contributed by atoms with E-state index in [0.29, 0.717) is 12.1 Å². The lowest BCUT2D eigenvalue weighted by Crippen LogP contribution is -2.26. The summed E-state index contributed by atoms with van der Waals surface area (Å²) in [5.41, 5.74) is 7.09. The molecule has 2 aromatic carbocycles. The number of aryl methyl sites for hydroxylation is 2. The number of rotatable bonds is 4. The van der Waals surface area contributed by atoms with Crippen LogP contribution >= 0.6 is 0 Å². The van der Waals surface area contributed by atoms with Crippen molar-refractivity contribution in [3.05, 3.63) is 53.1 Å². The number of carboxylic acid groups (broad SMARTS) is 1. The van der Waals surface area contributed by atoms with Gasteiger partial charge in [-0.05, 0) is 49.6 Å². The van der Waals surface area contributed by atoms with Gasteiger partial charge in [-0.1, -0.05) is 18.2 Å². The quantitative estimate of drug-likeness (QED) is 0.765. The van der Waals surface area contributed by atoms with E-state index in [0.717, 1.165) is 40.8 Å². The summed E-state index contributed by atoms with van der Waals surface area (Å²) in [6.07, 6.45) is 0.848. The number of benzene rings is 2. The Kier molecular flexibility index (Phi) is 4.02. The number of anilines is 1. The van der Waals surface area contributed by atoms with E-state index in [4.69, 9.17) is 0 Å². The van der Waals surface area contributed by atoms with Crippen LogP contribution in [0.25, 0.3) is 22.2 Å². The van der Waals surface area contributed by atoms with Crippen LogP contribution in [0.5, 0.6) is 0 Å². The lowest BCUT2D eigenvalue weighted by molar-refractivity contribution is -0.115. The molecule has 1 aliphatic rings. The zero-order valence-electron chi connectivity index (χ0n) is 15.7. The standard InChI is InChI=1S/C22H22N2O3/c1-13(25)12-23(3)19-6-4-5-18-17(19)9-10-24-20-11-15(22(26)27)7-8-16(20)14(2)21(18)24/h4-8,11H,9-10,12H2,1-3H3,(H,26,27).